The number of rotatable bonds is 3. The molecule has 5 nitrogen and oxygen atoms in total. The maximum absolute atomic E-state index is 10.3. The summed E-state index contributed by atoms with van der Waals surface area (Å²) in [6.45, 7) is 0. The number of phenolic OH excluding ortho intramolecular Hbond substituents is 1. The van der Waals surface area contributed by atoms with Gasteiger partial charge in [-0.25, -0.2) is 4.79 Å². The number of carbonyl (C=O) groups is 1. The summed E-state index contributed by atoms with van der Waals surface area (Å²) in [5, 5.41) is 26.7. The third-order valence-corrected chi connectivity index (χ3v) is 1.73. The highest BCUT2D eigenvalue weighted by Gasteiger charge is 2.05. The van der Waals surface area contributed by atoms with E-state index in [-0.39, 0.29) is 11.5 Å². The number of phenols is 1. The molecule has 0 saturated carbocycles. The molecule has 1 aromatic carbocycles. The molecule has 0 atom stereocenters. The summed E-state index contributed by atoms with van der Waals surface area (Å²) >= 11 is 0. The van der Waals surface area contributed by atoms with Crippen molar-refractivity contribution < 1.29 is 24.9 Å². The Morgan fingerprint density at radius 1 is 1.40 bits per heavy atom. The molecule has 1 rings (SSSR count). The highest BCUT2D eigenvalue weighted by molar-refractivity contribution is 5.89. The van der Waals surface area contributed by atoms with E-state index in [2.05, 4.69) is 0 Å². The predicted molar refractivity (Wildman–Crippen MR) is 52.9 cm³/mol. The molecule has 0 aliphatic rings. The van der Waals surface area contributed by atoms with Crippen LogP contribution < -0.4 is 4.74 Å². The van der Waals surface area contributed by atoms with Gasteiger partial charge in [-0.05, 0) is 23.8 Å². The number of hydrogen-bond donors (Lipinski definition) is 3. The van der Waals surface area contributed by atoms with Crippen LogP contribution in [-0.2, 0) is 4.79 Å². The summed E-state index contributed by atoms with van der Waals surface area (Å²) in [7, 11) is 1.40. The number of methoxy groups -OCH3 is 1. The second-order valence-corrected chi connectivity index (χ2v) is 2.77. The second kappa shape index (κ2) is 4.36. The van der Waals surface area contributed by atoms with E-state index in [9.17, 15) is 9.90 Å². The van der Waals surface area contributed by atoms with Gasteiger partial charge in [0, 0.05) is 0 Å². The SMILES string of the molecule is COc1ccc(/C=C(\O)C(=O)O)cc1O. The van der Waals surface area contributed by atoms with Crippen molar-refractivity contribution >= 4 is 12.0 Å². The molecule has 0 radical (unpaired) electrons. The van der Waals surface area contributed by atoms with E-state index in [1.807, 2.05) is 0 Å². The van der Waals surface area contributed by atoms with Crippen LogP contribution >= 0.6 is 0 Å². The minimum atomic E-state index is -1.43. The molecule has 0 bridgehead atoms. The number of aliphatic carboxylic acids is 1. The lowest BCUT2D eigenvalue weighted by molar-refractivity contribution is -0.135. The molecule has 0 amide bonds. The van der Waals surface area contributed by atoms with Gasteiger partial charge in [0.2, 0.25) is 5.76 Å². The molecule has 5 heteroatoms. The Hall–Kier alpha value is -2.17. The first-order valence-corrected chi connectivity index (χ1v) is 4.05. The van der Waals surface area contributed by atoms with Gasteiger partial charge in [0.1, 0.15) is 0 Å². The Morgan fingerprint density at radius 3 is 2.53 bits per heavy atom. The molecule has 0 aliphatic carbocycles. The zero-order chi connectivity index (χ0) is 11.4. The van der Waals surface area contributed by atoms with Gasteiger partial charge < -0.3 is 20.1 Å². The minimum Gasteiger partial charge on any atom is -0.504 e. The van der Waals surface area contributed by atoms with Gasteiger partial charge in [0.25, 0.3) is 0 Å². The highest BCUT2D eigenvalue weighted by atomic mass is 16.5. The number of aliphatic hydroxyl groups excluding tert-OH is 1. The molecule has 1 aromatic rings. The Bertz CT molecular complexity index is 408. The molecule has 0 aromatic heterocycles. The van der Waals surface area contributed by atoms with E-state index >= 15 is 0 Å². The van der Waals surface area contributed by atoms with Crippen LogP contribution in [0.15, 0.2) is 24.0 Å². The number of carboxylic acids is 1. The van der Waals surface area contributed by atoms with E-state index in [1.165, 1.54) is 25.3 Å². The van der Waals surface area contributed by atoms with Crippen molar-refractivity contribution in [1.82, 2.24) is 0 Å². The molecule has 0 saturated heterocycles. The lowest BCUT2D eigenvalue weighted by atomic mass is 10.2. The maximum Gasteiger partial charge on any atom is 0.370 e. The Labute approximate surface area is 85.9 Å². The smallest absolute Gasteiger partial charge is 0.370 e. The van der Waals surface area contributed by atoms with Gasteiger partial charge in [-0.3, -0.25) is 0 Å². The zero-order valence-electron chi connectivity index (χ0n) is 7.97. The van der Waals surface area contributed by atoms with Gasteiger partial charge in [-0.2, -0.15) is 0 Å². The molecule has 0 spiro atoms. The number of aromatic hydroxyl groups is 1. The van der Waals surface area contributed by atoms with Gasteiger partial charge in [0.15, 0.2) is 11.5 Å². The van der Waals surface area contributed by atoms with Crippen LogP contribution in [0.2, 0.25) is 0 Å². The van der Waals surface area contributed by atoms with E-state index in [1.54, 1.807) is 0 Å². The number of benzene rings is 1. The van der Waals surface area contributed by atoms with Crippen molar-refractivity contribution in [3.05, 3.63) is 29.5 Å². The van der Waals surface area contributed by atoms with Crippen molar-refractivity contribution in [3.8, 4) is 11.5 Å². The molecule has 80 valence electrons. The van der Waals surface area contributed by atoms with Crippen molar-refractivity contribution in [2.75, 3.05) is 7.11 Å². The van der Waals surface area contributed by atoms with Gasteiger partial charge >= 0.3 is 5.97 Å². The fourth-order valence-electron chi connectivity index (χ4n) is 1.02. The summed E-state index contributed by atoms with van der Waals surface area (Å²) in [4.78, 5) is 10.3. The van der Waals surface area contributed by atoms with Crippen LogP contribution in [0.4, 0.5) is 0 Å². The van der Waals surface area contributed by atoms with Crippen LogP contribution in [0.5, 0.6) is 11.5 Å². The third kappa shape index (κ3) is 2.63. The summed E-state index contributed by atoms with van der Waals surface area (Å²) in [6, 6.07) is 4.27. The van der Waals surface area contributed by atoms with Crippen LogP contribution in [0.25, 0.3) is 6.08 Å². The summed E-state index contributed by atoms with van der Waals surface area (Å²) < 4.78 is 4.80. The van der Waals surface area contributed by atoms with Crippen LogP contribution in [0.3, 0.4) is 0 Å². The summed E-state index contributed by atoms with van der Waals surface area (Å²) in [6.07, 6.45) is 1.03. The first-order valence-electron chi connectivity index (χ1n) is 4.05. The lowest BCUT2D eigenvalue weighted by Crippen LogP contribution is -1.98. The molecule has 0 fully saturated rings. The summed E-state index contributed by atoms with van der Waals surface area (Å²) in [5.41, 5.74) is 0.369. The molecule has 0 heterocycles. The fraction of sp³-hybridized carbons (Fsp3) is 0.100. The van der Waals surface area contributed by atoms with Gasteiger partial charge in [-0.15, -0.1) is 0 Å². The van der Waals surface area contributed by atoms with Crippen molar-refractivity contribution in [2.24, 2.45) is 0 Å². The Kier molecular flexibility index (Phi) is 3.17. The quantitative estimate of drug-likeness (QED) is 0.518. The number of hydrogen-bond acceptors (Lipinski definition) is 4. The van der Waals surface area contributed by atoms with Crippen molar-refractivity contribution in [3.63, 3.8) is 0 Å². The largest absolute Gasteiger partial charge is 0.504 e. The topological polar surface area (TPSA) is 87.0 Å². The first kappa shape index (κ1) is 10.9. The van der Waals surface area contributed by atoms with E-state index in [0.29, 0.717) is 5.56 Å². The fourth-order valence-corrected chi connectivity index (χ4v) is 1.02. The molecular formula is C10H10O5. The average molecular weight is 210 g/mol. The normalized spacial score (nSPS) is 11.1. The molecular weight excluding hydrogens is 200 g/mol. The lowest BCUT2D eigenvalue weighted by Gasteiger charge is -2.03. The molecule has 15 heavy (non-hydrogen) atoms. The van der Waals surface area contributed by atoms with E-state index < -0.39 is 11.7 Å². The number of ether oxygens (including phenoxy) is 1. The van der Waals surface area contributed by atoms with Crippen LogP contribution in [0, 0.1) is 0 Å². The van der Waals surface area contributed by atoms with Gasteiger partial charge in [0.05, 0.1) is 7.11 Å². The predicted octanol–water partition coefficient (Wildman–Crippen LogP) is 1.38. The molecule has 0 aliphatic heterocycles. The van der Waals surface area contributed by atoms with E-state index in [4.69, 9.17) is 14.9 Å². The Morgan fingerprint density at radius 2 is 2.07 bits per heavy atom. The van der Waals surface area contributed by atoms with Crippen molar-refractivity contribution in [1.29, 1.82) is 0 Å². The first-order chi connectivity index (χ1) is 7.04. The van der Waals surface area contributed by atoms with Gasteiger partial charge in [-0.1, -0.05) is 6.07 Å². The summed E-state index contributed by atoms with van der Waals surface area (Å²) in [5.74, 6) is -2.06. The zero-order valence-corrected chi connectivity index (χ0v) is 7.97. The maximum atomic E-state index is 10.3. The number of carboxylic acid groups (broad SMARTS) is 1. The molecule has 0 unspecified atom stereocenters. The molecule has 3 N–H and O–H groups in total. The second-order valence-electron chi connectivity index (χ2n) is 2.77. The average Bonchev–Trinajstić information content (AvgIpc) is 2.18. The third-order valence-electron chi connectivity index (χ3n) is 1.73. The highest BCUT2D eigenvalue weighted by Crippen LogP contribution is 2.26. The number of aliphatic hydroxyl groups is 1. The minimum absolute atomic E-state index is 0.121. The standard InChI is InChI=1S/C10H10O5/c1-15-9-3-2-6(4-7(9)11)5-8(12)10(13)14/h2-5,11-12H,1H3,(H,13,14)/b8-5-. The van der Waals surface area contributed by atoms with Crippen molar-refractivity contribution in [2.45, 2.75) is 0 Å². The van der Waals surface area contributed by atoms with E-state index in [0.717, 1.165) is 6.08 Å². The van der Waals surface area contributed by atoms with Crippen LogP contribution in [0.1, 0.15) is 5.56 Å². The monoisotopic (exact) mass is 210 g/mol. The van der Waals surface area contributed by atoms with Crippen LogP contribution in [-0.4, -0.2) is 28.4 Å². The Balaban J connectivity index is 3.03.